The van der Waals surface area contributed by atoms with Crippen LogP contribution < -0.4 is 10.2 Å². The Morgan fingerprint density at radius 3 is 2.45 bits per heavy atom. The molecule has 0 aliphatic heterocycles. The Morgan fingerprint density at radius 2 is 1.84 bits per heavy atom. The third-order valence-electron chi connectivity index (χ3n) is 4.86. The number of halogens is 1. The lowest BCUT2D eigenvalue weighted by molar-refractivity contribution is 0.0690. The standard InChI is InChI=1S/C24H26FN3O3/c1-16(2)28(24(30)17-7-5-8-19(25)13-17)15-18-14-20(10-11-21(18)27(3)4)26-23(29)22-9-6-12-31-22/h5-14,16H,15H2,1-4H3,(H,26,29). The van der Waals surface area contributed by atoms with Gasteiger partial charge in [0.05, 0.1) is 6.26 Å². The van der Waals surface area contributed by atoms with Gasteiger partial charge >= 0.3 is 0 Å². The van der Waals surface area contributed by atoms with Crippen LogP contribution >= 0.6 is 0 Å². The summed E-state index contributed by atoms with van der Waals surface area (Å²) in [6, 6.07) is 14.3. The summed E-state index contributed by atoms with van der Waals surface area (Å²) in [5, 5.41) is 2.82. The van der Waals surface area contributed by atoms with Crippen LogP contribution in [0.25, 0.3) is 0 Å². The van der Waals surface area contributed by atoms with Gasteiger partial charge in [-0.3, -0.25) is 9.59 Å². The number of carbonyl (C=O) groups excluding carboxylic acids is 2. The number of hydrogen-bond acceptors (Lipinski definition) is 4. The van der Waals surface area contributed by atoms with Crippen LogP contribution in [0.3, 0.4) is 0 Å². The molecule has 2 amide bonds. The molecular formula is C24H26FN3O3. The van der Waals surface area contributed by atoms with Crippen molar-refractivity contribution in [1.82, 2.24) is 4.90 Å². The largest absolute Gasteiger partial charge is 0.459 e. The van der Waals surface area contributed by atoms with Gasteiger partial charge in [-0.2, -0.15) is 0 Å². The number of carbonyl (C=O) groups is 2. The molecule has 1 heterocycles. The molecule has 6 nitrogen and oxygen atoms in total. The molecule has 0 bridgehead atoms. The van der Waals surface area contributed by atoms with Gasteiger partial charge in [-0.25, -0.2) is 4.39 Å². The molecule has 162 valence electrons. The number of amides is 2. The van der Waals surface area contributed by atoms with Crippen LogP contribution in [0.15, 0.2) is 65.3 Å². The molecule has 2 aromatic carbocycles. The first-order chi connectivity index (χ1) is 14.8. The summed E-state index contributed by atoms with van der Waals surface area (Å²) in [7, 11) is 3.82. The lowest BCUT2D eigenvalue weighted by atomic mass is 10.1. The van der Waals surface area contributed by atoms with E-state index in [1.54, 1.807) is 29.2 Å². The molecule has 0 aliphatic carbocycles. The van der Waals surface area contributed by atoms with E-state index in [1.807, 2.05) is 45.0 Å². The molecule has 0 spiro atoms. The average molecular weight is 423 g/mol. The van der Waals surface area contributed by atoms with E-state index in [0.29, 0.717) is 17.8 Å². The second kappa shape index (κ2) is 9.47. The number of rotatable bonds is 7. The van der Waals surface area contributed by atoms with Crippen molar-refractivity contribution in [2.24, 2.45) is 0 Å². The van der Waals surface area contributed by atoms with E-state index in [2.05, 4.69) is 5.32 Å². The molecule has 0 aliphatic rings. The first-order valence-corrected chi connectivity index (χ1v) is 9.98. The molecule has 1 N–H and O–H groups in total. The van der Waals surface area contributed by atoms with Gasteiger partial charge in [-0.1, -0.05) is 6.07 Å². The van der Waals surface area contributed by atoms with E-state index in [9.17, 15) is 14.0 Å². The van der Waals surface area contributed by atoms with Crippen molar-refractivity contribution in [3.05, 3.63) is 83.6 Å². The smallest absolute Gasteiger partial charge is 0.291 e. The first-order valence-electron chi connectivity index (χ1n) is 9.98. The van der Waals surface area contributed by atoms with Crippen LogP contribution in [0.1, 0.15) is 40.3 Å². The number of anilines is 2. The summed E-state index contributed by atoms with van der Waals surface area (Å²) in [6.45, 7) is 4.12. The lowest BCUT2D eigenvalue weighted by Gasteiger charge is -2.29. The Hall–Kier alpha value is -3.61. The number of furan rings is 1. The zero-order chi connectivity index (χ0) is 22.5. The summed E-state index contributed by atoms with van der Waals surface area (Å²) in [6.07, 6.45) is 1.44. The topological polar surface area (TPSA) is 65.8 Å². The van der Waals surface area contributed by atoms with Crippen molar-refractivity contribution in [3.8, 4) is 0 Å². The normalized spacial score (nSPS) is 10.8. The first kappa shape index (κ1) is 22.1. The minimum absolute atomic E-state index is 0.118. The molecule has 0 atom stereocenters. The second-order valence-corrected chi connectivity index (χ2v) is 7.71. The molecule has 1 aromatic heterocycles. The van der Waals surface area contributed by atoms with Crippen LogP contribution in [0.2, 0.25) is 0 Å². The maximum atomic E-state index is 13.7. The summed E-state index contributed by atoms with van der Waals surface area (Å²) >= 11 is 0. The van der Waals surface area contributed by atoms with Crippen molar-refractivity contribution in [2.75, 3.05) is 24.3 Å². The van der Waals surface area contributed by atoms with Crippen molar-refractivity contribution in [1.29, 1.82) is 0 Å². The molecule has 0 radical (unpaired) electrons. The Bertz CT molecular complexity index is 1060. The molecule has 3 rings (SSSR count). The van der Waals surface area contributed by atoms with E-state index < -0.39 is 5.82 Å². The summed E-state index contributed by atoms with van der Waals surface area (Å²) in [4.78, 5) is 29.1. The average Bonchev–Trinajstić information content (AvgIpc) is 3.26. The zero-order valence-electron chi connectivity index (χ0n) is 18.1. The predicted molar refractivity (Wildman–Crippen MR) is 119 cm³/mol. The molecule has 0 saturated heterocycles. The van der Waals surface area contributed by atoms with Gasteiger partial charge in [-0.15, -0.1) is 0 Å². The maximum Gasteiger partial charge on any atom is 0.291 e. The van der Waals surface area contributed by atoms with Crippen molar-refractivity contribution in [2.45, 2.75) is 26.4 Å². The molecular weight excluding hydrogens is 397 g/mol. The van der Waals surface area contributed by atoms with Crippen LogP contribution in [-0.4, -0.2) is 36.9 Å². The van der Waals surface area contributed by atoms with Gasteiger partial charge < -0.3 is 19.5 Å². The summed E-state index contributed by atoms with van der Waals surface area (Å²) in [5.41, 5.74) is 2.64. The summed E-state index contributed by atoms with van der Waals surface area (Å²) < 4.78 is 18.8. The highest BCUT2D eigenvalue weighted by Crippen LogP contribution is 2.26. The van der Waals surface area contributed by atoms with Gasteiger partial charge in [-0.05, 0) is 67.9 Å². The SMILES string of the molecule is CC(C)N(Cc1cc(NC(=O)c2ccco2)ccc1N(C)C)C(=O)c1cccc(F)c1. The van der Waals surface area contributed by atoms with Crippen LogP contribution in [0.4, 0.5) is 15.8 Å². The molecule has 31 heavy (non-hydrogen) atoms. The Labute approximate surface area is 181 Å². The molecule has 0 fully saturated rings. The monoisotopic (exact) mass is 423 g/mol. The molecule has 0 unspecified atom stereocenters. The Morgan fingerprint density at radius 1 is 1.06 bits per heavy atom. The third-order valence-corrected chi connectivity index (χ3v) is 4.86. The van der Waals surface area contributed by atoms with Gasteiger partial charge in [0.25, 0.3) is 11.8 Å². The van der Waals surface area contributed by atoms with Crippen molar-refractivity contribution < 1.29 is 18.4 Å². The van der Waals surface area contributed by atoms with E-state index in [0.717, 1.165) is 11.3 Å². The van der Waals surface area contributed by atoms with E-state index in [4.69, 9.17) is 4.42 Å². The molecule has 3 aromatic rings. The van der Waals surface area contributed by atoms with Crippen molar-refractivity contribution in [3.63, 3.8) is 0 Å². The van der Waals surface area contributed by atoms with Crippen molar-refractivity contribution >= 4 is 23.2 Å². The van der Waals surface area contributed by atoms with Crippen LogP contribution in [0.5, 0.6) is 0 Å². The fraction of sp³-hybridized carbons (Fsp3) is 0.250. The number of benzene rings is 2. The quantitative estimate of drug-likeness (QED) is 0.594. The van der Waals surface area contributed by atoms with E-state index in [-0.39, 0.29) is 23.6 Å². The van der Waals surface area contributed by atoms with E-state index in [1.165, 1.54) is 24.5 Å². The zero-order valence-corrected chi connectivity index (χ0v) is 18.1. The van der Waals surface area contributed by atoms with Gasteiger partial charge in [0.1, 0.15) is 5.82 Å². The highest BCUT2D eigenvalue weighted by atomic mass is 19.1. The van der Waals surface area contributed by atoms with Crippen LogP contribution in [0, 0.1) is 5.82 Å². The molecule has 7 heteroatoms. The molecule has 0 saturated carbocycles. The third kappa shape index (κ3) is 5.31. The maximum absolute atomic E-state index is 13.7. The Balaban J connectivity index is 1.90. The summed E-state index contributed by atoms with van der Waals surface area (Å²) in [5.74, 6) is -0.858. The second-order valence-electron chi connectivity index (χ2n) is 7.71. The fourth-order valence-corrected chi connectivity index (χ4v) is 3.29. The highest BCUT2D eigenvalue weighted by Gasteiger charge is 2.22. The van der Waals surface area contributed by atoms with Crippen LogP contribution in [-0.2, 0) is 6.54 Å². The van der Waals surface area contributed by atoms with Gasteiger partial charge in [0.15, 0.2) is 5.76 Å². The Kier molecular flexibility index (Phi) is 6.74. The lowest BCUT2D eigenvalue weighted by Crippen LogP contribution is -2.36. The van der Waals surface area contributed by atoms with E-state index >= 15 is 0 Å². The van der Waals surface area contributed by atoms with Gasteiger partial charge in [0, 0.05) is 43.6 Å². The highest BCUT2D eigenvalue weighted by molar-refractivity contribution is 6.02. The minimum Gasteiger partial charge on any atom is -0.459 e. The fourth-order valence-electron chi connectivity index (χ4n) is 3.29. The number of nitrogens with one attached hydrogen (secondary N) is 1. The minimum atomic E-state index is -0.453. The number of nitrogens with zero attached hydrogens (tertiary/aromatic N) is 2. The van der Waals surface area contributed by atoms with Gasteiger partial charge in [0.2, 0.25) is 0 Å². The number of hydrogen-bond donors (Lipinski definition) is 1. The predicted octanol–water partition coefficient (Wildman–Crippen LogP) is 4.79.